The second-order valence-corrected chi connectivity index (χ2v) is 9.60. The van der Waals surface area contributed by atoms with Crippen molar-refractivity contribution in [1.82, 2.24) is 10.2 Å². The number of halogens is 1. The zero-order valence-corrected chi connectivity index (χ0v) is 19.8. The number of rotatable bonds is 6. The number of amides is 3. The third kappa shape index (κ3) is 4.51. The molecule has 0 aliphatic carbocycles. The molecule has 0 spiro atoms. The summed E-state index contributed by atoms with van der Waals surface area (Å²) in [6.45, 7) is 6.81. The number of benzene rings is 3. The second kappa shape index (κ2) is 8.89. The lowest BCUT2D eigenvalue weighted by Crippen LogP contribution is -2.54. The van der Waals surface area contributed by atoms with Gasteiger partial charge in [-0.15, -0.1) is 0 Å². The van der Waals surface area contributed by atoms with Crippen LogP contribution in [0.4, 0.5) is 10.1 Å². The maximum absolute atomic E-state index is 14.4. The van der Waals surface area contributed by atoms with Crippen molar-refractivity contribution in [2.75, 3.05) is 11.4 Å². The molecule has 0 bridgehead atoms. The van der Waals surface area contributed by atoms with E-state index in [1.165, 1.54) is 15.9 Å². The third-order valence-corrected chi connectivity index (χ3v) is 5.91. The van der Waals surface area contributed by atoms with E-state index in [1.807, 2.05) is 45.0 Å². The molecular weight excluding hydrogens is 433 g/mol. The molecule has 0 saturated carbocycles. The number of carbonyl (C=O) groups excluding carboxylic acids is 3. The van der Waals surface area contributed by atoms with E-state index < -0.39 is 23.3 Å². The Balaban J connectivity index is 1.64. The summed E-state index contributed by atoms with van der Waals surface area (Å²) >= 11 is 0. The molecule has 176 valence electrons. The van der Waals surface area contributed by atoms with Crippen molar-refractivity contribution in [3.63, 3.8) is 0 Å². The molecule has 0 unspecified atom stereocenters. The maximum atomic E-state index is 14.4. The third-order valence-electron chi connectivity index (χ3n) is 5.91. The number of hydrogen-bond acceptors (Lipinski definition) is 3. The van der Waals surface area contributed by atoms with Gasteiger partial charge >= 0.3 is 0 Å². The molecule has 0 saturated heterocycles. The van der Waals surface area contributed by atoms with Crippen molar-refractivity contribution < 1.29 is 18.8 Å². The van der Waals surface area contributed by atoms with Crippen LogP contribution >= 0.6 is 0 Å². The molecule has 1 N–H and O–H groups in total. The molecule has 3 aromatic rings. The van der Waals surface area contributed by atoms with Crippen LogP contribution in [0.2, 0.25) is 0 Å². The van der Waals surface area contributed by atoms with Crippen molar-refractivity contribution in [2.24, 2.45) is 0 Å². The highest BCUT2D eigenvalue weighted by molar-refractivity contribution is 6.26. The molecule has 1 heterocycles. The molecule has 1 aliphatic rings. The molecule has 0 fully saturated rings. The summed E-state index contributed by atoms with van der Waals surface area (Å²) in [6.07, 6.45) is 0. The molecule has 0 radical (unpaired) electrons. The lowest BCUT2D eigenvalue weighted by atomic mass is 10.1. The summed E-state index contributed by atoms with van der Waals surface area (Å²) in [4.78, 5) is 42.4. The van der Waals surface area contributed by atoms with Crippen LogP contribution in [-0.2, 0) is 16.1 Å². The normalized spacial score (nSPS) is 13.8. The van der Waals surface area contributed by atoms with Gasteiger partial charge in [-0.3, -0.25) is 19.3 Å². The highest BCUT2D eigenvalue weighted by Gasteiger charge is 2.35. The van der Waals surface area contributed by atoms with Crippen molar-refractivity contribution in [3.05, 3.63) is 77.6 Å². The van der Waals surface area contributed by atoms with Crippen LogP contribution in [0.1, 0.15) is 43.6 Å². The fraction of sp³-hybridized carbons (Fsp3) is 0.296. The number of carbonyl (C=O) groups is 3. The minimum atomic E-state index is -0.873. The quantitative estimate of drug-likeness (QED) is 0.596. The molecule has 34 heavy (non-hydrogen) atoms. The van der Waals surface area contributed by atoms with Crippen molar-refractivity contribution in [1.29, 1.82) is 0 Å². The SMILES string of the molecule is C[C@@H](C(=O)NC(C)(C)C)N(Cc1ccccc1F)C(=O)CN1C(=O)c2cccc3cccc1c23. The first-order valence-corrected chi connectivity index (χ1v) is 11.3. The Morgan fingerprint density at radius 2 is 1.71 bits per heavy atom. The lowest BCUT2D eigenvalue weighted by molar-refractivity contribution is -0.140. The predicted octanol–water partition coefficient (Wildman–Crippen LogP) is 4.27. The molecule has 1 aliphatic heterocycles. The first kappa shape index (κ1) is 23.4. The van der Waals surface area contributed by atoms with Gasteiger partial charge < -0.3 is 10.2 Å². The van der Waals surface area contributed by atoms with Gasteiger partial charge in [-0.05, 0) is 51.3 Å². The Morgan fingerprint density at radius 3 is 2.38 bits per heavy atom. The molecule has 6 nitrogen and oxygen atoms in total. The average Bonchev–Trinajstić information content (AvgIpc) is 3.05. The minimum absolute atomic E-state index is 0.0938. The standard InChI is InChI=1S/C27H28FN3O3/c1-17(25(33)29-27(2,3)4)30(15-19-9-5-6-13-21(19)28)23(32)16-31-22-14-8-11-18-10-7-12-20(24(18)22)26(31)34/h5-14,17H,15-16H2,1-4H3,(H,29,33)/t17-/m0/s1. The Morgan fingerprint density at radius 1 is 1.03 bits per heavy atom. The molecule has 4 rings (SSSR count). The number of nitrogens with zero attached hydrogens (tertiary/aromatic N) is 2. The van der Waals surface area contributed by atoms with E-state index in [4.69, 9.17) is 0 Å². The second-order valence-electron chi connectivity index (χ2n) is 9.60. The van der Waals surface area contributed by atoms with Gasteiger partial charge in [0.25, 0.3) is 5.91 Å². The number of nitrogens with one attached hydrogen (secondary N) is 1. The van der Waals surface area contributed by atoms with Gasteiger partial charge in [0.1, 0.15) is 18.4 Å². The monoisotopic (exact) mass is 461 g/mol. The van der Waals surface area contributed by atoms with Gasteiger partial charge in [-0.2, -0.15) is 0 Å². The Kier molecular flexibility index (Phi) is 6.13. The van der Waals surface area contributed by atoms with Crippen LogP contribution < -0.4 is 10.2 Å². The smallest absolute Gasteiger partial charge is 0.259 e. The van der Waals surface area contributed by atoms with Gasteiger partial charge in [-0.1, -0.05) is 42.5 Å². The van der Waals surface area contributed by atoms with E-state index in [1.54, 1.807) is 37.3 Å². The molecule has 7 heteroatoms. The highest BCUT2D eigenvalue weighted by atomic mass is 19.1. The van der Waals surface area contributed by atoms with Gasteiger partial charge in [-0.25, -0.2) is 4.39 Å². The summed E-state index contributed by atoms with van der Waals surface area (Å²) in [6, 6.07) is 16.3. The fourth-order valence-electron chi connectivity index (χ4n) is 4.23. The van der Waals surface area contributed by atoms with Crippen LogP contribution in [-0.4, -0.2) is 40.7 Å². The first-order valence-electron chi connectivity index (χ1n) is 11.3. The predicted molar refractivity (Wildman–Crippen MR) is 130 cm³/mol. The van der Waals surface area contributed by atoms with E-state index in [-0.39, 0.29) is 24.9 Å². The topological polar surface area (TPSA) is 69.7 Å². The lowest BCUT2D eigenvalue weighted by Gasteiger charge is -2.32. The summed E-state index contributed by atoms with van der Waals surface area (Å²) in [5, 5.41) is 4.60. The number of hydrogen-bond donors (Lipinski definition) is 1. The van der Waals surface area contributed by atoms with Gasteiger partial charge in [0.15, 0.2) is 0 Å². The van der Waals surface area contributed by atoms with E-state index in [0.717, 1.165) is 10.8 Å². The summed E-state index contributed by atoms with van der Waals surface area (Å²) in [5.41, 5.74) is 0.994. The minimum Gasteiger partial charge on any atom is -0.350 e. The summed E-state index contributed by atoms with van der Waals surface area (Å²) in [5.74, 6) is -1.52. The van der Waals surface area contributed by atoms with Crippen LogP contribution in [0.25, 0.3) is 10.8 Å². The van der Waals surface area contributed by atoms with E-state index >= 15 is 0 Å². The van der Waals surface area contributed by atoms with Gasteiger partial charge in [0.05, 0.1) is 5.69 Å². The van der Waals surface area contributed by atoms with E-state index in [9.17, 15) is 18.8 Å². The molecule has 3 amide bonds. The van der Waals surface area contributed by atoms with Crippen LogP contribution in [0.5, 0.6) is 0 Å². The fourth-order valence-corrected chi connectivity index (χ4v) is 4.23. The van der Waals surface area contributed by atoms with E-state index in [0.29, 0.717) is 16.8 Å². The summed E-state index contributed by atoms with van der Waals surface area (Å²) < 4.78 is 14.4. The van der Waals surface area contributed by atoms with Gasteiger partial charge in [0.2, 0.25) is 11.8 Å². The average molecular weight is 462 g/mol. The highest BCUT2D eigenvalue weighted by Crippen LogP contribution is 2.37. The van der Waals surface area contributed by atoms with Crippen molar-refractivity contribution in [3.8, 4) is 0 Å². The zero-order valence-electron chi connectivity index (χ0n) is 19.8. The van der Waals surface area contributed by atoms with Crippen molar-refractivity contribution in [2.45, 2.75) is 45.8 Å². The first-order chi connectivity index (χ1) is 16.1. The maximum Gasteiger partial charge on any atom is 0.259 e. The largest absolute Gasteiger partial charge is 0.350 e. The molecular formula is C27H28FN3O3. The van der Waals surface area contributed by atoms with Crippen molar-refractivity contribution >= 4 is 34.2 Å². The van der Waals surface area contributed by atoms with Gasteiger partial charge in [0, 0.05) is 28.6 Å². The van der Waals surface area contributed by atoms with Crippen LogP contribution in [0.15, 0.2) is 60.7 Å². The Labute approximate surface area is 198 Å². The van der Waals surface area contributed by atoms with Crippen LogP contribution in [0.3, 0.4) is 0 Å². The summed E-state index contributed by atoms with van der Waals surface area (Å²) in [7, 11) is 0. The Bertz CT molecular complexity index is 1280. The molecule has 3 aromatic carbocycles. The Hall–Kier alpha value is -3.74. The molecule has 1 atom stereocenters. The zero-order chi connectivity index (χ0) is 24.6. The number of anilines is 1. The molecule has 0 aromatic heterocycles. The van der Waals surface area contributed by atoms with Crippen LogP contribution in [0, 0.1) is 5.82 Å². The van der Waals surface area contributed by atoms with E-state index in [2.05, 4.69) is 5.32 Å².